The zero-order chi connectivity index (χ0) is 8.48. The van der Waals surface area contributed by atoms with Crippen molar-refractivity contribution in [1.82, 2.24) is 9.78 Å². The molecule has 0 aliphatic rings. The van der Waals surface area contributed by atoms with E-state index in [2.05, 4.69) is 5.10 Å². The fraction of sp³-hybridized carbons (Fsp3) is 0.625. The van der Waals surface area contributed by atoms with Gasteiger partial charge >= 0.3 is 0 Å². The van der Waals surface area contributed by atoms with Crippen LogP contribution < -0.4 is 0 Å². The third-order valence-corrected chi connectivity index (χ3v) is 1.91. The summed E-state index contributed by atoms with van der Waals surface area (Å²) in [5, 5.41) is 13.1. The van der Waals surface area contributed by atoms with Gasteiger partial charge in [-0.15, -0.1) is 0 Å². The molecule has 0 saturated heterocycles. The predicted molar refractivity (Wildman–Crippen MR) is 43.3 cm³/mol. The molecule has 0 atom stereocenters. The number of hydrogen-bond donors (Lipinski definition) is 1. The maximum Gasteiger partial charge on any atom is 0.0537 e. The maximum absolute atomic E-state index is 9.05. The molecule has 0 aliphatic carbocycles. The van der Waals surface area contributed by atoms with Crippen LogP contribution in [-0.2, 0) is 12.5 Å². The monoisotopic (exact) mass is 154 g/mol. The maximum atomic E-state index is 9.05. The molecule has 1 heterocycles. The SMILES string of the molecule is Cn1nccc1C(C)(C)CO. The van der Waals surface area contributed by atoms with Crippen LogP contribution in [0.15, 0.2) is 12.3 Å². The third-order valence-electron chi connectivity index (χ3n) is 1.91. The lowest BCUT2D eigenvalue weighted by Crippen LogP contribution is -2.25. The molecule has 62 valence electrons. The molecule has 1 N–H and O–H groups in total. The number of aliphatic hydroxyl groups excluding tert-OH is 1. The van der Waals surface area contributed by atoms with E-state index >= 15 is 0 Å². The number of nitrogens with zero attached hydrogens (tertiary/aromatic N) is 2. The molecule has 3 nitrogen and oxygen atoms in total. The zero-order valence-corrected chi connectivity index (χ0v) is 7.20. The first-order chi connectivity index (χ1) is 5.08. The fourth-order valence-corrected chi connectivity index (χ4v) is 1.12. The Kier molecular flexibility index (Phi) is 2.00. The van der Waals surface area contributed by atoms with Crippen LogP contribution in [0.1, 0.15) is 19.5 Å². The zero-order valence-electron chi connectivity index (χ0n) is 7.20. The topological polar surface area (TPSA) is 38.0 Å². The molecule has 11 heavy (non-hydrogen) atoms. The van der Waals surface area contributed by atoms with Gasteiger partial charge in [0.25, 0.3) is 0 Å². The minimum Gasteiger partial charge on any atom is -0.395 e. The van der Waals surface area contributed by atoms with E-state index in [9.17, 15) is 0 Å². The molecular weight excluding hydrogens is 140 g/mol. The molecule has 0 saturated carbocycles. The van der Waals surface area contributed by atoms with E-state index in [1.807, 2.05) is 27.0 Å². The van der Waals surface area contributed by atoms with Gasteiger partial charge in [0.15, 0.2) is 0 Å². The summed E-state index contributed by atoms with van der Waals surface area (Å²) in [4.78, 5) is 0. The second-order valence-electron chi connectivity index (χ2n) is 3.38. The van der Waals surface area contributed by atoms with Crippen molar-refractivity contribution < 1.29 is 5.11 Å². The van der Waals surface area contributed by atoms with Crippen LogP contribution >= 0.6 is 0 Å². The Labute approximate surface area is 66.7 Å². The van der Waals surface area contributed by atoms with E-state index in [-0.39, 0.29) is 12.0 Å². The largest absolute Gasteiger partial charge is 0.395 e. The van der Waals surface area contributed by atoms with Crippen molar-refractivity contribution in [2.45, 2.75) is 19.3 Å². The number of rotatable bonds is 2. The van der Waals surface area contributed by atoms with Gasteiger partial charge < -0.3 is 5.11 Å². The highest BCUT2D eigenvalue weighted by Gasteiger charge is 2.22. The number of aryl methyl sites for hydroxylation is 1. The summed E-state index contributed by atoms with van der Waals surface area (Å²) in [6.07, 6.45) is 1.74. The van der Waals surface area contributed by atoms with Crippen molar-refractivity contribution in [2.75, 3.05) is 6.61 Å². The van der Waals surface area contributed by atoms with E-state index in [0.717, 1.165) is 5.69 Å². The minimum atomic E-state index is -0.189. The third kappa shape index (κ3) is 1.43. The van der Waals surface area contributed by atoms with Gasteiger partial charge in [0.2, 0.25) is 0 Å². The molecule has 0 fully saturated rings. The number of aromatic nitrogens is 2. The van der Waals surface area contributed by atoms with Gasteiger partial charge in [0.1, 0.15) is 0 Å². The predicted octanol–water partition coefficient (Wildman–Crippen LogP) is 0.690. The lowest BCUT2D eigenvalue weighted by molar-refractivity contribution is 0.211. The first-order valence-corrected chi connectivity index (χ1v) is 3.67. The Morgan fingerprint density at radius 1 is 1.64 bits per heavy atom. The summed E-state index contributed by atoms with van der Waals surface area (Å²) in [7, 11) is 1.88. The first kappa shape index (κ1) is 8.27. The molecule has 1 aromatic rings. The van der Waals surface area contributed by atoms with Gasteiger partial charge in [-0.05, 0) is 6.07 Å². The summed E-state index contributed by atoms with van der Waals surface area (Å²) in [5.41, 5.74) is 0.866. The summed E-state index contributed by atoms with van der Waals surface area (Å²) in [6.45, 7) is 4.13. The van der Waals surface area contributed by atoms with Gasteiger partial charge in [0.05, 0.1) is 6.61 Å². The Hall–Kier alpha value is -0.830. The van der Waals surface area contributed by atoms with Gasteiger partial charge in [-0.1, -0.05) is 13.8 Å². The van der Waals surface area contributed by atoms with Crippen LogP contribution in [0.4, 0.5) is 0 Å². The van der Waals surface area contributed by atoms with Crippen LogP contribution in [-0.4, -0.2) is 21.5 Å². The molecule has 0 spiro atoms. The van der Waals surface area contributed by atoms with E-state index in [1.165, 1.54) is 0 Å². The molecule has 0 aromatic carbocycles. The standard InChI is InChI=1S/C8H14N2O/c1-8(2,6-11)7-4-5-9-10(7)3/h4-5,11H,6H2,1-3H3. The molecule has 3 heteroatoms. The van der Waals surface area contributed by atoms with Gasteiger partial charge in [-0.3, -0.25) is 4.68 Å². The van der Waals surface area contributed by atoms with Crippen LogP contribution in [0.5, 0.6) is 0 Å². The average Bonchev–Trinajstić information content (AvgIpc) is 2.36. The Morgan fingerprint density at radius 2 is 2.27 bits per heavy atom. The molecule has 0 radical (unpaired) electrons. The summed E-state index contributed by atoms with van der Waals surface area (Å²) in [6, 6.07) is 1.93. The summed E-state index contributed by atoms with van der Waals surface area (Å²) < 4.78 is 1.79. The molecular formula is C8H14N2O. The smallest absolute Gasteiger partial charge is 0.0537 e. The quantitative estimate of drug-likeness (QED) is 0.680. The molecule has 0 amide bonds. The van der Waals surface area contributed by atoms with E-state index in [4.69, 9.17) is 5.11 Å². The van der Waals surface area contributed by atoms with Crippen LogP contribution in [0, 0.1) is 0 Å². The lowest BCUT2D eigenvalue weighted by atomic mass is 9.90. The van der Waals surface area contributed by atoms with Crippen molar-refractivity contribution in [3.63, 3.8) is 0 Å². The van der Waals surface area contributed by atoms with E-state index in [0.29, 0.717) is 0 Å². The number of hydrogen-bond acceptors (Lipinski definition) is 2. The highest BCUT2D eigenvalue weighted by molar-refractivity contribution is 5.12. The lowest BCUT2D eigenvalue weighted by Gasteiger charge is -2.21. The summed E-state index contributed by atoms with van der Waals surface area (Å²) in [5.74, 6) is 0. The molecule has 0 unspecified atom stereocenters. The molecule has 0 aliphatic heterocycles. The molecule has 1 rings (SSSR count). The van der Waals surface area contributed by atoms with Crippen LogP contribution in [0.3, 0.4) is 0 Å². The van der Waals surface area contributed by atoms with Gasteiger partial charge in [0, 0.05) is 24.4 Å². The van der Waals surface area contributed by atoms with Crippen LogP contribution in [0.25, 0.3) is 0 Å². The second-order valence-corrected chi connectivity index (χ2v) is 3.38. The average molecular weight is 154 g/mol. The molecule has 1 aromatic heterocycles. The number of aliphatic hydroxyl groups is 1. The van der Waals surface area contributed by atoms with Crippen molar-refractivity contribution >= 4 is 0 Å². The van der Waals surface area contributed by atoms with Crippen LogP contribution in [0.2, 0.25) is 0 Å². The van der Waals surface area contributed by atoms with Crippen molar-refractivity contribution in [3.8, 4) is 0 Å². The Bertz CT molecular complexity index is 240. The van der Waals surface area contributed by atoms with Crippen molar-refractivity contribution in [2.24, 2.45) is 7.05 Å². The highest BCUT2D eigenvalue weighted by atomic mass is 16.3. The Balaban J connectivity index is 3.00. The normalized spacial score (nSPS) is 12.0. The highest BCUT2D eigenvalue weighted by Crippen LogP contribution is 2.20. The van der Waals surface area contributed by atoms with E-state index < -0.39 is 0 Å². The Morgan fingerprint density at radius 3 is 2.64 bits per heavy atom. The fourth-order valence-electron chi connectivity index (χ4n) is 1.12. The first-order valence-electron chi connectivity index (χ1n) is 3.67. The van der Waals surface area contributed by atoms with Gasteiger partial charge in [-0.25, -0.2) is 0 Å². The second kappa shape index (κ2) is 2.66. The van der Waals surface area contributed by atoms with Gasteiger partial charge in [-0.2, -0.15) is 5.10 Å². The van der Waals surface area contributed by atoms with E-state index in [1.54, 1.807) is 10.9 Å². The van der Waals surface area contributed by atoms with Crippen molar-refractivity contribution in [3.05, 3.63) is 18.0 Å². The molecule has 0 bridgehead atoms. The van der Waals surface area contributed by atoms with Crippen molar-refractivity contribution in [1.29, 1.82) is 0 Å². The summed E-state index contributed by atoms with van der Waals surface area (Å²) >= 11 is 0. The minimum absolute atomic E-state index is 0.145.